The van der Waals surface area contributed by atoms with Gasteiger partial charge in [0, 0.05) is 74.2 Å². The van der Waals surface area contributed by atoms with Crippen LogP contribution in [0.4, 0.5) is 29.0 Å². The molecule has 2 aromatic carbocycles. The van der Waals surface area contributed by atoms with E-state index in [1.54, 1.807) is 36.4 Å². The molecule has 6 aromatic rings. The summed E-state index contributed by atoms with van der Waals surface area (Å²) in [6, 6.07) is 13.7. The first-order chi connectivity index (χ1) is 26.8. The van der Waals surface area contributed by atoms with Crippen molar-refractivity contribution in [3.8, 4) is 0 Å². The first-order valence-electron chi connectivity index (χ1n) is 18.5. The van der Waals surface area contributed by atoms with Gasteiger partial charge in [0.15, 0.2) is 11.6 Å². The number of hydrogen-bond donors (Lipinski definition) is 4. The highest BCUT2D eigenvalue weighted by molar-refractivity contribution is 6.33. The molecule has 3 atom stereocenters. The fourth-order valence-electron chi connectivity index (χ4n) is 7.58. The van der Waals surface area contributed by atoms with Crippen molar-refractivity contribution < 1.29 is 9.59 Å². The number of hydrogen-bond acceptors (Lipinski definition) is 13. The van der Waals surface area contributed by atoms with E-state index in [9.17, 15) is 14.4 Å². The van der Waals surface area contributed by atoms with Crippen LogP contribution in [0.15, 0.2) is 65.8 Å². The summed E-state index contributed by atoms with van der Waals surface area (Å²) in [6.07, 6.45) is 6.57. The Kier molecular flexibility index (Phi) is 9.52. The maximum absolute atomic E-state index is 12.8. The van der Waals surface area contributed by atoms with E-state index in [1.165, 1.54) is 4.57 Å². The number of aryl methyl sites for hydroxylation is 2. The monoisotopic (exact) mass is 775 g/mol. The summed E-state index contributed by atoms with van der Waals surface area (Å²) in [7, 11) is 3.56. The molecule has 1 unspecified atom stereocenters. The number of halogens is 1. The normalized spacial score (nSPS) is 19.0. The zero-order valence-corrected chi connectivity index (χ0v) is 32.4. The number of carbonyl (C=O) groups excluding carboxylic acids is 2. The molecule has 0 bridgehead atoms. The van der Waals surface area contributed by atoms with Crippen molar-refractivity contribution in [1.29, 1.82) is 0 Å². The highest BCUT2D eigenvalue weighted by Gasteiger charge is 2.32. The third-order valence-corrected chi connectivity index (χ3v) is 10.9. The fourth-order valence-corrected chi connectivity index (χ4v) is 7.71. The molecule has 17 heteroatoms. The Labute approximate surface area is 327 Å². The van der Waals surface area contributed by atoms with Crippen molar-refractivity contribution in [1.82, 2.24) is 44.6 Å². The zero-order chi connectivity index (χ0) is 39.3. The Morgan fingerprint density at radius 3 is 2.46 bits per heavy atom. The quantitative estimate of drug-likeness (QED) is 0.144. The number of anilines is 5. The largest absolute Gasteiger partial charge is 0.382 e. The Morgan fingerprint density at radius 1 is 0.911 bits per heavy atom. The SMILES string of the molecule is C[C@@H]1CN(c2ncc(Cl)c(Nc3ccc4c(c3)c(NC(C)(C)c3ncccn3)nc(=O)n4C)n2)CC[C@H]1Nc1ccc2c(C3CCC(=O)NC3=O)nn(C)c2c1. The van der Waals surface area contributed by atoms with Crippen LogP contribution in [0.5, 0.6) is 0 Å². The Morgan fingerprint density at radius 2 is 1.70 bits per heavy atom. The molecule has 2 aliphatic rings. The molecular formula is C39H42ClN13O3. The summed E-state index contributed by atoms with van der Waals surface area (Å²) in [5.74, 6) is 1.25. The van der Waals surface area contributed by atoms with Gasteiger partial charge in [-0.3, -0.25) is 24.2 Å². The lowest BCUT2D eigenvalue weighted by atomic mass is 9.92. The standard InChI is InChI=1S/C39H42ClN13O3/c1-21-20-53(16-13-28(21)44-23-7-9-24-30(18-23)52(5)50-32(24)25-10-12-31(54)46-35(25)55)37-43-19-27(40)34(47-37)45-22-8-11-29-26(17-22)33(48-38(56)51(29)4)49-39(2,3)36-41-14-6-15-42-36/h6-9,11,14-15,17-19,21,25,28,44H,10,12-13,16,20H2,1-5H3,(H,43,45,47)(H,46,54,55)(H,48,49,56)/t21-,25?,28-/m1/s1. The molecule has 2 fully saturated rings. The van der Waals surface area contributed by atoms with Gasteiger partial charge in [-0.1, -0.05) is 18.5 Å². The summed E-state index contributed by atoms with van der Waals surface area (Å²) >= 11 is 6.65. The Hall–Kier alpha value is -6.16. The van der Waals surface area contributed by atoms with Crippen LogP contribution in [0.3, 0.4) is 0 Å². The molecule has 4 aromatic heterocycles. The van der Waals surface area contributed by atoms with Crippen LogP contribution in [0.2, 0.25) is 5.02 Å². The van der Waals surface area contributed by atoms with Gasteiger partial charge in [0.2, 0.25) is 17.8 Å². The van der Waals surface area contributed by atoms with E-state index in [1.807, 2.05) is 51.2 Å². The minimum Gasteiger partial charge on any atom is -0.382 e. The van der Waals surface area contributed by atoms with Crippen molar-refractivity contribution >= 4 is 74.2 Å². The minimum atomic E-state index is -0.724. The van der Waals surface area contributed by atoms with E-state index in [0.29, 0.717) is 63.6 Å². The number of rotatable bonds is 9. The van der Waals surface area contributed by atoms with Crippen LogP contribution >= 0.6 is 11.6 Å². The van der Waals surface area contributed by atoms with Crippen LogP contribution in [0, 0.1) is 5.92 Å². The number of piperidine rings is 2. The predicted molar refractivity (Wildman–Crippen MR) is 215 cm³/mol. The van der Waals surface area contributed by atoms with Crippen LogP contribution in [-0.4, -0.2) is 70.2 Å². The summed E-state index contributed by atoms with van der Waals surface area (Å²) in [5.41, 5.74) is 2.86. The Balaban J connectivity index is 0.972. The molecular weight excluding hydrogens is 734 g/mol. The van der Waals surface area contributed by atoms with Crippen molar-refractivity contribution in [2.75, 3.05) is 33.9 Å². The number of nitrogens with one attached hydrogen (secondary N) is 4. The first-order valence-corrected chi connectivity index (χ1v) is 18.9. The molecule has 0 radical (unpaired) electrons. The second kappa shape index (κ2) is 14.5. The lowest BCUT2D eigenvalue weighted by Gasteiger charge is -2.37. The number of nitrogens with zero attached hydrogens (tertiary/aromatic N) is 9. The van der Waals surface area contributed by atoms with Crippen LogP contribution < -0.4 is 31.9 Å². The van der Waals surface area contributed by atoms with E-state index >= 15 is 0 Å². The highest BCUT2D eigenvalue weighted by atomic mass is 35.5. The number of carbonyl (C=O) groups is 2. The van der Waals surface area contributed by atoms with E-state index in [4.69, 9.17) is 16.6 Å². The molecule has 0 spiro atoms. The van der Waals surface area contributed by atoms with Crippen LogP contribution in [0.1, 0.15) is 57.5 Å². The van der Waals surface area contributed by atoms with Crippen LogP contribution in [0.25, 0.3) is 21.8 Å². The number of aromatic nitrogens is 8. The molecule has 2 amide bonds. The van der Waals surface area contributed by atoms with E-state index in [0.717, 1.165) is 36.1 Å². The average Bonchev–Trinajstić information content (AvgIpc) is 3.50. The van der Waals surface area contributed by atoms with Gasteiger partial charge in [-0.05, 0) is 75.1 Å². The molecule has 0 aliphatic carbocycles. The zero-order valence-electron chi connectivity index (χ0n) is 31.7. The van der Waals surface area contributed by atoms with Gasteiger partial charge < -0.3 is 20.9 Å². The minimum absolute atomic E-state index is 0.194. The first kappa shape index (κ1) is 36.8. The van der Waals surface area contributed by atoms with Crippen molar-refractivity contribution in [2.45, 2.75) is 57.5 Å². The second-order valence-electron chi connectivity index (χ2n) is 15.1. The number of fused-ring (bicyclic) bond motifs is 2. The summed E-state index contributed by atoms with van der Waals surface area (Å²) in [6.45, 7) is 7.51. The highest BCUT2D eigenvalue weighted by Crippen LogP contribution is 2.34. The lowest BCUT2D eigenvalue weighted by molar-refractivity contribution is -0.134. The van der Waals surface area contributed by atoms with E-state index in [-0.39, 0.29) is 23.8 Å². The molecule has 16 nitrogen and oxygen atoms in total. The summed E-state index contributed by atoms with van der Waals surface area (Å²) < 4.78 is 3.30. The van der Waals surface area contributed by atoms with Crippen molar-refractivity contribution in [3.63, 3.8) is 0 Å². The summed E-state index contributed by atoms with van der Waals surface area (Å²) in [4.78, 5) is 61.9. The smallest absolute Gasteiger partial charge is 0.349 e. The number of amides is 2. The van der Waals surface area contributed by atoms with Gasteiger partial charge in [-0.15, -0.1) is 0 Å². The van der Waals surface area contributed by atoms with Crippen molar-refractivity contribution in [2.24, 2.45) is 20.0 Å². The molecule has 0 saturated carbocycles. The maximum atomic E-state index is 12.8. The van der Waals surface area contributed by atoms with Gasteiger partial charge in [0.05, 0.1) is 34.4 Å². The molecule has 2 aliphatic heterocycles. The third-order valence-electron chi connectivity index (χ3n) is 10.6. The van der Waals surface area contributed by atoms with E-state index in [2.05, 4.69) is 64.2 Å². The van der Waals surface area contributed by atoms with Gasteiger partial charge in [0.25, 0.3) is 0 Å². The summed E-state index contributed by atoms with van der Waals surface area (Å²) in [5, 5.41) is 19.6. The topological polar surface area (TPSA) is 190 Å². The van der Waals surface area contributed by atoms with E-state index < -0.39 is 17.1 Å². The third kappa shape index (κ3) is 7.07. The second-order valence-corrected chi connectivity index (χ2v) is 15.5. The van der Waals surface area contributed by atoms with Crippen molar-refractivity contribution in [3.05, 3.63) is 88.1 Å². The molecule has 2 saturated heterocycles. The number of imide groups is 1. The molecule has 8 rings (SSSR count). The van der Waals surface area contributed by atoms with Gasteiger partial charge in [0.1, 0.15) is 10.8 Å². The Bertz CT molecular complexity index is 2560. The molecule has 56 heavy (non-hydrogen) atoms. The lowest BCUT2D eigenvalue weighted by Crippen LogP contribution is -2.46. The molecule has 4 N–H and O–H groups in total. The van der Waals surface area contributed by atoms with Gasteiger partial charge in [-0.2, -0.15) is 15.1 Å². The molecule has 288 valence electrons. The van der Waals surface area contributed by atoms with Gasteiger partial charge >= 0.3 is 5.69 Å². The average molecular weight is 776 g/mol. The van der Waals surface area contributed by atoms with Gasteiger partial charge in [-0.25, -0.2) is 19.7 Å². The maximum Gasteiger partial charge on any atom is 0.349 e. The molecule has 6 heterocycles. The fraction of sp³-hybridized carbons (Fsp3) is 0.359. The number of benzene rings is 2. The van der Waals surface area contributed by atoms with Crippen LogP contribution in [-0.2, 0) is 29.2 Å². The predicted octanol–water partition coefficient (Wildman–Crippen LogP) is 4.99.